The summed E-state index contributed by atoms with van der Waals surface area (Å²) in [6, 6.07) is 10.7. The third kappa shape index (κ3) is 4.59. The number of halogens is 1. The van der Waals surface area contributed by atoms with Gasteiger partial charge in [0.25, 0.3) is 0 Å². The molecule has 0 spiro atoms. The number of rotatable bonds is 7. The van der Waals surface area contributed by atoms with Gasteiger partial charge < -0.3 is 4.74 Å². The number of benzene rings is 1. The molecule has 3 N–H and O–H groups in total. The van der Waals surface area contributed by atoms with Gasteiger partial charge in [0.15, 0.2) is 0 Å². The van der Waals surface area contributed by atoms with Crippen molar-refractivity contribution in [1.82, 2.24) is 5.43 Å². The van der Waals surface area contributed by atoms with Crippen molar-refractivity contribution in [3.63, 3.8) is 0 Å². The van der Waals surface area contributed by atoms with Crippen molar-refractivity contribution >= 4 is 27.3 Å². The maximum atomic E-state index is 5.66. The first-order chi connectivity index (χ1) is 9.71. The lowest BCUT2D eigenvalue weighted by atomic mass is 10.0. The van der Waals surface area contributed by atoms with Gasteiger partial charge in [-0.3, -0.25) is 11.3 Å². The monoisotopic (exact) mass is 354 g/mol. The molecule has 108 valence electrons. The Kier molecular flexibility index (Phi) is 6.04. The van der Waals surface area contributed by atoms with Gasteiger partial charge in [-0.15, -0.1) is 11.3 Å². The summed E-state index contributed by atoms with van der Waals surface area (Å²) in [6.45, 7) is 0. The van der Waals surface area contributed by atoms with Crippen LogP contribution in [0.3, 0.4) is 0 Å². The second kappa shape index (κ2) is 7.78. The van der Waals surface area contributed by atoms with Gasteiger partial charge in [-0.1, -0.05) is 12.1 Å². The number of methoxy groups -OCH3 is 1. The highest BCUT2D eigenvalue weighted by molar-refractivity contribution is 9.10. The van der Waals surface area contributed by atoms with E-state index in [1.54, 1.807) is 18.4 Å². The van der Waals surface area contributed by atoms with E-state index in [4.69, 9.17) is 10.6 Å². The van der Waals surface area contributed by atoms with Crippen molar-refractivity contribution in [2.75, 3.05) is 7.11 Å². The summed E-state index contributed by atoms with van der Waals surface area (Å²) < 4.78 is 6.30. The summed E-state index contributed by atoms with van der Waals surface area (Å²) in [5.41, 5.74) is 4.22. The Morgan fingerprint density at radius 3 is 2.65 bits per heavy atom. The first-order valence-corrected chi connectivity index (χ1v) is 8.20. The lowest BCUT2D eigenvalue weighted by molar-refractivity contribution is 0.414. The summed E-state index contributed by atoms with van der Waals surface area (Å²) in [7, 11) is 1.68. The molecule has 5 heteroatoms. The highest BCUT2D eigenvalue weighted by atomic mass is 79.9. The van der Waals surface area contributed by atoms with Crippen LogP contribution in [-0.2, 0) is 12.8 Å². The molecule has 0 fully saturated rings. The molecule has 3 nitrogen and oxygen atoms in total. The summed E-state index contributed by atoms with van der Waals surface area (Å²) in [5.74, 6) is 6.55. The molecular formula is C15H19BrN2OS. The molecule has 1 aromatic heterocycles. The van der Waals surface area contributed by atoms with Gasteiger partial charge in [-0.05, 0) is 59.0 Å². The van der Waals surface area contributed by atoms with Crippen molar-refractivity contribution in [2.45, 2.75) is 25.3 Å². The molecule has 0 amide bonds. The van der Waals surface area contributed by atoms with E-state index in [0.29, 0.717) is 6.04 Å². The molecule has 1 aromatic carbocycles. The zero-order valence-electron chi connectivity index (χ0n) is 11.4. The Labute approximate surface area is 132 Å². The third-order valence-corrected chi connectivity index (χ3v) is 4.97. The van der Waals surface area contributed by atoms with Crippen molar-refractivity contribution in [2.24, 2.45) is 5.84 Å². The second-order valence-corrected chi connectivity index (χ2v) is 6.60. The van der Waals surface area contributed by atoms with E-state index >= 15 is 0 Å². The van der Waals surface area contributed by atoms with Gasteiger partial charge in [-0.25, -0.2) is 0 Å². The van der Waals surface area contributed by atoms with Crippen LogP contribution in [0, 0.1) is 0 Å². The fourth-order valence-electron chi connectivity index (χ4n) is 2.08. The van der Waals surface area contributed by atoms with Crippen molar-refractivity contribution in [3.05, 3.63) is 50.6 Å². The number of hydrogen-bond donors (Lipinski definition) is 2. The number of nitrogens with one attached hydrogen (secondary N) is 1. The second-order valence-electron chi connectivity index (χ2n) is 4.69. The lowest BCUT2D eigenvalue weighted by Gasteiger charge is -2.15. The molecule has 0 saturated carbocycles. The van der Waals surface area contributed by atoms with E-state index in [1.807, 2.05) is 12.1 Å². The molecule has 0 aliphatic rings. The molecule has 0 saturated heterocycles. The average Bonchev–Trinajstić information content (AvgIpc) is 2.89. The number of nitrogens with two attached hydrogens (primary N) is 1. The first-order valence-electron chi connectivity index (χ1n) is 6.53. The largest absolute Gasteiger partial charge is 0.497 e. The van der Waals surface area contributed by atoms with Crippen molar-refractivity contribution in [1.29, 1.82) is 0 Å². The van der Waals surface area contributed by atoms with Crippen molar-refractivity contribution in [3.8, 4) is 5.75 Å². The van der Waals surface area contributed by atoms with Crippen molar-refractivity contribution < 1.29 is 4.74 Å². The number of aryl methyl sites for hydroxylation is 1. The van der Waals surface area contributed by atoms with Crippen LogP contribution in [0.4, 0.5) is 0 Å². The standard InChI is InChI=1S/C15H19BrN2OS/c1-19-14-6-3-11(4-7-14)2-5-13(18-17)9-15-8-12(16)10-20-15/h3-4,6-8,10,13,18H,2,5,9,17H2,1H3. The minimum atomic E-state index is 0.294. The lowest BCUT2D eigenvalue weighted by Crippen LogP contribution is -2.36. The topological polar surface area (TPSA) is 47.3 Å². The highest BCUT2D eigenvalue weighted by Gasteiger charge is 2.09. The first kappa shape index (κ1) is 15.5. The molecule has 20 heavy (non-hydrogen) atoms. The Hall–Kier alpha value is -0.880. The average molecular weight is 355 g/mol. The predicted octanol–water partition coefficient (Wildman–Crippen LogP) is 3.53. The molecule has 0 radical (unpaired) electrons. The number of hydrogen-bond acceptors (Lipinski definition) is 4. The van der Waals surface area contributed by atoms with Gasteiger partial charge >= 0.3 is 0 Å². The van der Waals surface area contributed by atoms with Crippen LogP contribution in [0.15, 0.2) is 40.2 Å². The minimum Gasteiger partial charge on any atom is -0.497 e. The maximum absolute atomic E-state index is 5.66. The van der Waals surface area contributed by atoms with Crippen LogP contribution in [0.25, 0.3) is 0 Å². The fourth-order valence-corrected chi connectivity index (χ4v) is 3.61. The van der Waals surface area contributed by atoms with E-state index in [1.165, 1.54) is 10.4 Å². The zero-order chi connectivity index (χ0) is 14.4. The molecule has 0 aliphatic heterocycles. The van der Waals surface area contributed by atoms with E-state index in [9.17, 15) is 0 Å². The Morgan fingerprint density at radius 1 is 1.35 bits per heavy atom. The summed E-state index contributed by atoms with van der Waals surface area (Å²) >= 11 is 5.24. The fraction of sp³-hybridized carbons (Fsp3) is 0.333. The van der Waals surface area contributed by atoms with Crippen LogP contribution in [0.1, 0.15) is 16.9 Å². The van der Waals surface area contributed by atoms with E-state index in [2.05, 4.69) is 44.9 Å². The highest BCUT2D eigenvalue weighted by Crippen LogP contribution is 2.22. The smallest absolute Gasteiger partial charge is 0.118 e. The quantitative estimate of drug-likeness (QED) is 0.590. The summed E-state index contributed by atoms with van der Waals surface area (Å²) in [6.07, 6.45) is 2.98. The van der Waals surface area contributed by atoms with Crippen LogP contribution < -0.4 is 16.0 Å². The molecule has 1 atom stereocenters. The number of ether oxygens (including phenoxy) is 1. The Bertz CT molecular complexity index is 527. The molecule has 1 unspecified atom stereocenters. The molecule has 1 heterocycles. The van der Waals surface area contributed by atoms with Crippen LogP contribution >= 0.6 is 27.3 Å². The molecule has 2 aromatic rings. The maximum Gasteiger partial charge on any atom is 0.118 e. The normalized spacial score (nSPS) is 12.3. The van der Waals surface area contributed by atoms with Gasteiger partial charge in [0.05, 0.1) is 7.11 Å². The van der Waals surface area contributed by atoms with Crippen LogP contribution in [0.5, 0.6) is 5.75 Å². The molecule has 0 aliphatic carbocycles. The number of thiophene rings is 1. The van der Waals surface area contributed by atoms with Crippen LogP contribution in [-0.4, -0.2) is 13.2 Å². The third-order valence-electron chi connectivity index (χ3n) is 3.25. The molecular weight excluding hydrogens is 336 g/mol. The van der Waals surface area contributed by atoms with Gasteiger partial charge in [0, 0.05) is 20.8 Å². The van der Waals surface area contributed by atoms with Gasteiger partial charge in [-0.2, -0.15) is 0 Å². The van der Waals surface area contributed by atoms with E-state index in [-0.39, 0.29) is 0 Å². The van der Waals surface area contributed by atoms with Gasteiger partial charge in [0.2, 0.25) is 0 Å². The predicted molar refractivity (Wildman–Crippen MR) is 88.1 cm³/mol. The van der Waals surface area contributed by atoms with E-state index in [0.717, 1.165) is 29.5 Å². The number of hydrazine groups is 1. The Morgan fingerprint density at radius 2 is 2.10 bits per heavy atom. The molecule has 2 rings (SSSR count). The summed E-state index contributed by atoms with van der Waals surface area (Å²) in [4.78, 5) is 1.34. The summed E-state index contributed by atoms with van der Waals surface area (Å²) in [5, 5.41) is 2.10. The van der Waals surface area contributed by atoms with E-state index < -0.39 is 0 Å². The Balaban J connectivity index is 1.86. The molecule has 0 bridgehead atoms. The minimum absolute atomic E-state index is 0.294. The van der Waals surface area contributed by atoms with Crippen LogP contribution in [0.2, 0.25) is 0 Å². The SMILES string of the molecule is COc1ccc(CCC(Cc2cc(Br)cs2)NN)cc1. The van der Waals surface area contributed by atoms with Gasteiger partial charge in [0.1, 0.15) is 5.75 Å². The zero-order valence-corrected chi connectivity index (χ0v) is 13.8.